The quantitative estimate of drug-likeness (QED) is 0.810. The van der Waals surface area contributed by atoms with E-state index in [1.807, 2.05) is 0 Å². The van der Waals surface area contributed by atoms with E-state index in [1.165, 1.54) is 51.4 Å². The van der Waals surface area contributed by atoms with Crippen molar-refractivity contribution in [1.82, 2.24) is 5.32 Å². The van der Waals surface area contributed by atoms with Crippen LogP contribution in [0.25, 0.3) is 0 Å². The van der Waals surface area contributed by atoms with E-state index in [4.69, 9.17) is 4.74 Å². The lowest BCUT2D eigenvalue weighted by Crippen LogP contribution is -2.49. The van der Waals surface area contributed by atoms with Crippen LogP contribution in [-0.2, 0) is 4.74 Å². The summed E-state index contributed by atoms with van der Waals surface area (Å²) in [5, 5.41) is 13.2. The van der Waals surface area contributed by atoms with Gasteiger partial charge in [-0.2, -0.15) is 0 Å². The van der Waals surface area contributed by atoms with Crippen LogP contribution in [0.5, 0.6) is 0 Å². The van der Waals surface area contributed by atoms with Gasteiger partial charge in [0.2, 0.25) is 0 Å². The van der Waals surface area contributed by atoms with Crippen LogP contribution in [-0.4, -0.2) is 36.0 Å². The van der Waals surface area contributed by atoms with E-state index in [0.717, 1.165) is 13.0 Å². The molecule has 3 rings (SSSR count). The minimum atomic E-state index is 0.212. The van der Waals surface area contributed by atoms with E-state index in [0.29, 0.717) is 24.6 Å². The monoisotopic (exact) mass is 253 g/mol. The highest BCUT2D eigenvalue weighted by atomic mass is 16.5. The van der Waals surface area contributed by atoms with Crippen molar-refractivity contribution in [3.8, 4) is 0 Å². The van der Waals surface area contributed by atoms with Crippen LogP contribution < -0.4 is 5.32 Å². The van der Waals surface area contributed by atoms with Crippen LogP contribution in [0.4, 0.5) is 0 Å². The summed E-state index contributed by atoms with van der Waals surface area (Å²) in [4.78, 5) is 0. The van der Waals surface area contributed by atoms with Gasteiger partial charge in [-0.05, 0) is 44.4 Å². The molecule has 0 radical (unpaired) electrons. The predicted octanol–water partition coefficient (Wildman–Crippen LogP) is 2.23. The molecule has 1 aliphatic heterocycles. The van der Waals surface area contributed by atoms with E-state index in [1.54, 1.807) is 0 Å². The van der Waals surface area contributed by atoms with Crippen LogP contribution in [0.15, 0.2) is 0 Å². The second kappa shape index (κ2) is 5.48. The van der Waals surface area contributed by atoms with Gasteiger partial charge in [-0.3, -0.25) is 0 Å². The zero-order valence-corrected chi connectivity index (χ0v) is 11.4. The smallest absolute Gasteiger partial charge is 0.0697 e. The predicted molar refractivity (Wildman–Crippen MR) is 71.5 cm³/mol. The highest BCUT2D eigenvalue weighted by molar-refractivity contribution is 4.95. The SMILES string of the molecule is OCC1CCCC1NC1CCOC2(CCCC2)C1. The molecule has 2 N–H and O–H groups in total. The topological polar surface area (TPSA) is 41.5 Å². The Balaban J connectivity index is 1.56. The van der Waals surface area contributed by atoms with Crippen molar-refractivity contribution in [1.29, 1.82) is 0 Å². The summed E-state index contributed by atoms with van der Waals surface area (Å²) < 4.78 is 6.08. The third kappa shape index (κ3) is 2.59. The standard InChI is InChI=1S/C15H27NO2/c17-11-12-4-3-5-14(12)16-13-6-9-18-15(10-13)7-1-2-8-15/h12-14,16-17H,1-11H2. The Morgan fingerprint density at radius 1 is 1.11 bits per heavy atom. The molecule has 3 atom stereocenters. The third-order valence-electron chi connectivity index (χ3n) is 5.35. The largest absolute Gasteiger partial charge is 0.396 e. The van der Waals surface area contributed by atoms with E-state index in [2.05, 4.69) is 5.32 Å². The highest BCUT2D eigenvalue weighted by Gasteiger charge is 2.41. The fourth-order valence-corrected chi connectivity index (χ4v) is 4.32. The van der Waals surface area contributed by atoms with Gasteiger partial charge < -0.3 is 15.2 Å². The second-order valence-electron chi connectivity index (χ2n) is 6.58. The molecule has 0 amide bonds. The van der Waals surface area contributed by atoms with Gasteiger partial charge in [-0.1, -0.05) is 19.3 Å². The van der Waals surface area contributed by atoms with E-state index >= 15 is 0 Å². The molecule has 0 bridgehead atoms. The van der Waals surface area contributed by atoms with Crippen LogP contribution in [0.2, 0.25) is 0 Å². The van der Waals surface area contributed by atoms with Crippen LogP contribution >= 0.6 is 0 Å². The number of aliphatic hydroxyl groups excluding tert-OH is 1. The first-order valence-electron chi connectivity index (χ1n) is 7.82. The molecule has 3 heteroatoms. The molecule has 2 saturated carbocycles. The summed E-state index contributed by atoms with van der Waals surface area (Å²) in [6.07, 6.45) is 11.3. The van der Waals surface area contributed by atoms with Crippen molar-refractivity contribution in [3.63, 3.8) is 0 Å². The number of rotatable bonds is 3. The third-order valence-corrected chi connectivity index (χ3v) is 5.35. The molecular formula is C15H27NO2. The average Bonchev–Trinajstić information content (AvgIpc) is 2.99. The molecule has 3 fully saturated rings. The molecule has 2 aliphatic carbocycles. The lowest BCUT2D eigenvalue weighted by molar-refractivity contribution is -0.0853. The maximum atomic E-state index is 9.41. The number of hydrogen-bond donors (Lipinski definition) is 2. The van der Waals surface area contributed by atoms with Crippen molar-refractivity contribution in [2.75, 3.05) is 13.2 Å². The van der Waals surface area contributed by atoms with Crippen molar-refractivity contribution in [2.45, 2.75) is 75.5 Å². The van der Waals surface area contributed by atoms with Gasteiger partial charge in [0.1, 0.15) is 0 Å². The molecule has 1 spiro atoms. The van der Waals surface area contributed by atoms with Gasteiger partial charge >= 0.3 is 0 Å². The van der Waals surface area contributed by atoms with Crippen molar-refractivity contribution in [3.05, 3.63) is 0 Å². The first-order valence-corrected chi connectivity index (χ1v) is 7.82. The van der Waals surface area contributed by atoms with Gasteiger partial charge in [-0.15, -0.1) is 0 Å². The zero-order valence-electron chi connectivity index (χ0n) is 11.4. The number of aliphatic hydroxyl groups is 1. The molecule has 3 aliphatic rings. The summed E-state index contributed by atoms with van der Waals surface area (Å²) in [5.41, 5.74) is 0.212. The normalized spacial score (nSPS) is 39.5. The number of ether oxygens (including phenoxy) is 1. The molecule has 0 aromatic heterocycles. The summed E-state index contributed by atoms with van der Waals surface area (Å²) in [5.74, 6) is 0.493. The average molecular weight is 253 g/mol. The molecule has 3 unspecified atom stereocenters. The first kappa shape index (κ1) is 12.9. The fourth-order valence-electron chi connectivity index (χ4n) is 4.32. The van der Waals surface area contributed by atoms with Gasteiger partial charge in [0.15, 0.2) is 0 Å². The van der Waals surface area contributed by atoms with Gasteiger partial charge in [0.05, 0.1) is 5.60 Å². The maximum Gasteiger partial charge on any atom is 0.0697 e. The van der Waals surface area contributed by atoms with E-state index in [9.17, 15) is 5.11 Å². The molecular weight excluding hydrogens is 226 g/mol. The Morgan fingerprint density at radius 3 is 2.72 bits per heavy atom. The lowest BCUT2D eigenvalue weighted by Gasteiger charge is -2.40. The van der Waals surface area contributed by atoms with Crippen LogP contribution in [0, 0.1) is 5.92 Å². The van der Waals surface area contributed by atoms with Crippen LogP contribution in [0.3, 0.4) is 0 Å². The summed E-state index contributed by atoms with van der Waals surface area (Å²) in [7, 11) is 0. The molecule has 1 heterocycles. The van der Waals surface area contributed by atoms with Crippen molar-refractivity contribution in [2.24, 2.45) is 5.92 Å². The molecule has 0 aromatic carbocycles. The zero-order chi connectivity index (χ0) is 12.4. The maximum absolute atomic E-state index is 9.41. The van der Waals surface area contributed by atoms with Gasteiger partial charge in [0.25, 0.3) is 0 Å². The number of nitrogens with one attached hydrogen (secondary N) is 1. The number of hydrogen-bond acceptors (Lipinski definition) is 3. The summed E-state index contributed by atoms with van der Waals surface area (Å²) in [6, 6.07) is 1.17. The minimum absolute atomic E-state index is 0.212. The highest BCUT2D eigenvalue weighted by Crippen LogP contribution is 2.40. The molecule has 104 valence electrons. The molecule has 0 aromatic rings. The first-order chi connectivity index (χ1) is 8.81. The fraction of sp³-hybridized carbons (Fsp3) is 1.00. The van der Waals surface area contributed by atoms with Crippen LogP contribution in [0.1, 0.15) is 57.8 Å². The van der Waals surface area contributed by atoms with Crippen molar-refractivity contribution < 1.29 is 9.84 Å². The molecule has 1 saturated heterocycles. The van der Waals surface area contributed by atoms with E-state index in [-0.39, 0.29) is 5.60 Å². The Hall–Kier alpha value is -0.120. The Kier molecular flexibility index (Phi) is 3.92. The van der Waals surface area contributed by atoms with Gasteiger partial charge in [0, 0.05) is 25.3 Å². The lowest BCUT2D eigenvalue weighted by atomic mass is 9.88. The summed E-state index contributed by atoms with van der Waals surface area (Å²) in [6.45, 7) is 1.28. The minimum Gasteiger partial charge on any atom is -0.396 e. The molecule has 3 nitrogen and oxygen atoms in total. The Bertz CT molecular complexity index is 276. The second-order valence-corrected chi connectivity index (χ2v) is 6.58. The Morgan fingerprint density at radius 2 is 1.94 bits per heavy atom. The Labute approximate surface area is 110 Å². The summed E-state index contributed by atoms with van der Waals surface area (Å²) >= 11 is 0. The van der Waals surface area contributed by atoms with E-state index < -0.39 is 0 Å². The van der Waals surface area contributed by atoms with Gasteiger partial charge in [-0.25, -0.2) is 0 Å². The molecule has 18 heavy (non-hydrogen) atoms. The van der Waals surface area contributed by atoms with Crippen molar-refractivity contribution >= 4 is 0 Å².